The minimum absolute atomic E-state index is 0.147. The zero-order valence-corrected chi connectivity index (χ0v) is 10.7. The summed E-state index contributed by atoms with van der Waals surface area (Å²) in [5.41, 5.74) is -1.44. The van der Waals surface area contributed by atoms with Crippen LogP contribution in [0.2, 0.25) is 0 Å². The summed E-state index contributed by atoms with van der Waals surface area (Å²) >= 11 is 1.03. The fourth-order valence-corrected chi connectivity index (χ4v) is 2.47. The molecule has 0 aromatic heterocycles. The van der Waals surface area contributed by atoms with Crippen LogP contribution in [0.3, 0.4) is 0 Å². The van der Waals surface area contributed by atoms with E-state index in [-0.39, 0.29) is 11.7 Å². The topological polar surface area (TPSA) is 61.1 Å². The van der Waals surface area contributed by atoms with Gasteiger partial charge in [0.15, 0.2) is 0 Å². The third-order valence-corrected chi connectivity index (χ3v) is 3.31. The molecule has 0 aliphatic heterocycles. The van der Waals surface area contributed by atoms with Gasteiger partial charge in [0, 0.05) is 10.1 Å². The van der Waals surface area contributed by atoms with Crippen molar-refractivity contribution in [2.75, 3.05) is 0 Å². The molecule has 1 unspecified atom stereocenters. The zero-order valence-electron chi connectivity index (χ0n) is 9.86. The highest BCUT2D eigenvalue weighted by molar-refractivity contribution is 8.00. The quantitative estimate of drug-likeness (QED) is 0.861. The van der Waals surface area contributed by atoms with Gasteiger partial charge in [-0.05, 0) is 18.2 Å². The largest absolute Gasteiger partial charge is 0.481 e. The Morgan fingerprint density at radius 2 is 2.16 bits per heavy atom. The van der Waals surface area contributed by atoms with Crippen LogP contribution >= 0.6 is 11.8 Å². The monoisotopic (exact) mass is 289 g/mol. The average molecular weight is 289 g/mol. The molecule has 0 saturated carbocycles. The fourth-order valence-electron chi connectivity index (χ4n) is 1.45. The van der Waals surface area contributed by atoms with E-state index in [0.29, 0.717) is 4.90 Å². The van der Waals surface area contributed by atoms with Gasteiger partial charge < -0.3 is 5.11 Å². The van der Waals surface area contributed by atoms with Crippen LogP contribution < -0.4 is 0 Å². The van der Waals surface area contributed by atoms with Crippen LogP contribution in [0.4, 0.5) is 13.2 Å². The van der Waals surface area contributed by atoms with Gasteiger partial charge in [0.2, 0.25) is 0 Å². The summed E-state index contributed by atoms with van der Waals surface area (Å²) in [5, 5.41) is 16.9. The van der Waals surface area contributed by atoms with Crippen molar-refractivity contribution in [2.24, 2.45) is 0 Å². The van der Waals surface area contributed by atoms with Gasteiger partial charge in [-0.3, -0.25) is 4.79 Å². The van der Waals surface area contributed by atoms with E-state index in [1.165, 1.54) is 12.1 Å². The molecule has 0 radical (unpaired) electrons. The molecular weight excluding hydrogens is 279 g/mol. The SMILES string of the molecule is CC(CC(=O)O)Sc1ccc(C#N)c(C(F)(F)F)c1. The lowest BCUT2D eigenvalue weighted by atomic mass is 10.1. The van der Waals surface area contributed by atoms with Gasteiger partial charge in [-0.25, -0.2) is 0 Å². The third kappa shape index (κ3) is 4.48. The third-order valence-electron chi connectivity index (χ3n) is 2.22. The molecular formula is C12H10F3NO2S. The molecule has 0 bridgehead atoms. The zero-order chi connectivity index (χ0) is 14.6. The smallest absolute Gasteiger partial charge is 0.417 e. The second kappa shape index (κ2) is 5.97. The van der Waals surface area contributed by atoms with Crippen molar-refractivity contribution in [3.8, 4) is 6.07 Å². The van der Waals surface area contributed by atoms with Crippen LogP contribution in [0.15, 0.2) is 23.1 Å². The lowest BCUT2D eigenvalue weighted by molar-refractivity contribution is -0.138. The summed E-state index contributed by atoms with van der Waals surface area (Å²) in [7, 11) is 0. The molecule has 102 valence electrons. The van der Waals surface area contributed by atoms with E-state index in [1.54, 1.807) is 6.92 Å². The molecule has 1 aromatic carbocycles. The Balaban J connectivity index is 3.00. The number of carbonyl (C=O) groups is 1. The second-order valence-electron chi connectivity index (χ2n) is 3.84. The molecule has 3 nitrogen and oxygen atoms in total. The number of nitrogens with zero attached hydrogens (tertiary/aromatic N) is 1. The van der Waals surface area contributed by atoms with E-state index in [2.05, 4.69) is 0 Å². The number of carboxylic acids is 1. The van der Waals surface area contributed by atoms with Gasteiger partial charge >= 0.3 is 12.1 Å². The standard InChI is InChI=1S/C12H10F3NO2S/c1-7(4-11(17)18)19-9-3-2-8(6-16)10(5-9)12(13,14)15/h2-3,5,7H,4H2,1H3,(H,17,18). The number of carboxylic acid groups (broad SMARTS) is 1. The van der Waals surface area contributed by atoms with Gasteiger partial charge in [-0.15, -0.1) is 11.8 Å². The Bertz CT molecular complexity index is 523. The normalized spacial score (nSPS) is 12.8. The number of alkyl halides is 3. The van der Waals surface area contributed by atoms with Crippen molar-refractivity contribution in [2.45, 2.75) is 29.7 Å². The van der Waals surface area contributed by atoms with E-state index in [9.17, 15) is 18.0 Å². The highest BCUT2D eigenvalue weighted by Crippen LogP contribution is 2.35. The molecule has 0 spiro atoms. The van der Waals surface area contributed by atoms with E-state index >= 15 is 0 Å². The molecule has 0 saturated heterocycles. The van der Waals surface area contributed by atoms with Crippen LogP contribution in [0, 0.1) is 11.3 Å². The van der Waals surface area contributed by atoms with E-state index in [4.69, 9.17) is 10.4 Å². The lowest BCUT2D eigenvalue weighted by Crippen LogP contribution is -2.09. The highest BCUT2D eigenvalue weighted by atomic mass is 32.2. The Kier molecular flexibility index (Phi) is 4.84. The summed E-state index contributed by atoms with van der Waals surface area (Å²) in [4.78, 5) is 10.8. The molecule has 7 heteroatoms. The number of nitriles is 1. The predicted octanol–water partition coefficient (Wildman–Crippen LogP) is 3.53. The van der Waals surface area contributed by atoms with Gasteiger partial charge in [-0.2, -0.15) is 18.4 Å². The Labute approximate surface area is 112 Å². The molecule has 19 heavy (non-hydrogen) atoms. The molecule has 0 amide bonds. The van der Waals surface area contributed by atoms with E-state index in [0.717, 1.165) is 23.9 Å². The van der Waals surface area contributed by atoms with Crippen molar-refractivity contribution < 1.29 is 23.1 Å². The first-order valence-electron chi connectivity index (χ1n) is 5.24. The molecule has 0 aliphatic carbocycles. The summed E-state index contributed by atoms with van der Waals surface area (Å²) in [5.74, 6) is -1.01. The number of halogens is 3. The van der Waals surface area contributed by atoms with Crippen LogP contribution in [0.5, 0.6) is 0 Å². The van der Waals surface area contributed by atoms with Gasteiger partial charge in [0.1, 0.15) is 0 Å². The van der Waals surface area contributed by atoms with Gasteiger partial charge in [-0.1, -0.05) is 6.92 Å². The van der Waals surface area contributed by atoms with Crippen molar-refractivity contribution in [3.63, 3.8) is 0 Å². The maximum Gasteiger partial charge on any atom is 0.417 e. The second-order valence-corrected chi connectivity index (χ2v) is 5.36. The number of rotatable bonds is 4. The maximum absolute atomic E-state index is 12.7. The minimum Gasteiger partial charge on any atom is -0.481 e. The van der Waals surface area contributed by atoms with Gasteiger partial charge in [0.05, 0.1) is 23.6 Å². The Morgan fingerprint density at radius 3 is 2.63 bits per heavy atom. The van der Waals surface area contributed by atoms with Crippen LogP contribution in [-0.4, -0.2) is 16.3 Å². The van der Waals surface area contributed by atoms with Crippen molar-refractivity contribution in [1.82, 2.24) is 0 Å². The Morgan fingerprint density at radius 1 is 1.53 bits per heavy atom. The maximum atomic E-state index is 12.7. The molecule has 1 N–H and O–H groups in total. The predicted molar refractivity (Wildman–Crippen MR) is 63.7 cm³/mol. The number of hydrogen-bond acceptors (Lipinski definition) is 3. The van der Waals surface area contributed by atoms with Crippen LogP contribution in [-0.2, 0) is 11.0 Å². The summed E-state index contributed by atoms with van der Waals surface area (Å²) in [6.45, 7) is 1.62. The first kappa shape index (κ1) is 15.4. The molecule has 1 atom stereocenters. The van der Waals surface area contributed by atoms with Crippen LogP contribution in [0.25, 0.3) is 0 Å². The minimum atomic E-state index is -4.60. The molecule has 1 aromatic rings. The van der Waals surface area contributed by atoms with Crippen LogP contribution in [0.1, 0.15) is 24.5 Å². The number of benzene rings is 1. The van der Waals surface area contributed by atoms with E-state index < -0.39 is 23.3 Å². The highest BCUT2D eigenvalue weighted by Gasteiger charge is 2.33. The summed E-state index contributed by atoms with van der Waals surface area (Å²) in [6, 6.07) is 4.85. The molecule has 1 rings (SSSR count). The van der Waals surface area contributed by atoms with E-state index in [1.807, 2.05) is 0 Å². The van der Waals surface area contributed by atoms with Crippen molar-refractivity contribution >= 4 is 17.7 Å². The van der Waals surface area contributed by atoms with Gasteiger partial charge in [0.25, 0.3) is 0 Å². The number of aliphatic carboxylic acids is 1. The molecule has 0 fully saturated rings. The first-order chi connectivity index (χ1) is 8.74. The molecule has 0 aliphatic rings. The summed E-state index contributed by atoms with van der Waals surface area (Å²) in [6.07, 6.45) is -4.75. The fraction of sp³-hybridized carbons (Fsp3) is 0.333. The average Bonchev–Trinajstić information content (AvgIpc) is 2.26. The first-order valence-corrected chi connectivity index (χ1v) is 6.11. The lowest BCUT2D eigenvalue weighted by Gasteiger charge is -2.12. The number of thioether (sulfide) groups is 1. The molecule has 0 heterocycles. The summed E-state index contributed by atoms with van der Waals surface area (Å²) < 4.78 is 38.1. The number of hydrogen-bond donors (Lipinski definition) is 1. The van der Waals surface area contributed by atoms with Crippen molar-refractivity contribution in [3.05, 3.63) is 29.3 Å². The van der Waals surface area contributed by atoms with Crippen molar-refractivity contribution in [1.29, 1.82) is 5.26 Å². The Hall–Kier alpha value is -1.68.